The van der Waals surface area contributed by atoms with Crippen LogP contribution in [0.2, 0.25) is 0 Å². The second-order valence-electron chi connectivity index (χ2n) is 14.6. The summed E-state index contributed by atoms with van der Waals surface area (Å²) < 4.78 is 11.3. The van der Waals surface area contributed by atoms with Gasteiger partial charge in [-0.2, -0.15) is 0 Å². The molecule has 5 amide bonds. The Kier molecular flexibility index (Phi) is 13.2. The number of fused-ring (bicyclic) bond motifs is 2. The van der Waals surface area contributed by atoms with Gasteiger partial charge in [0.1, 0.15) is 35.9 Å². The Balaban J connectivity index is 1.55. The SMILES string of the molecule is COc1ccc(CC2C(O)NC(C)C(=O)N(C)C3Cc4ccc(cc4)Oc4cc(ccc4O)CC(CC(=O)NC(C)C(=O)NC(C)C(=O)N2C)N(C)C3=O)cc1. The van der Waals surface area contributed by atoms with E-state index >= 15 is 0 Å². The van der Waals surface area contributed by atoms with E-state index in [0.29, 0.717) is 22.6 Å². The summed E-state index contributed by atoms with van der Waals surface area (Å²) in [4.78, 5) is 73.8. The fourth-order valence-electron chi connectivity index (χ4n) is 7.04. The average molecular weight is 773 g/mol. The first-order chi connectivity index (χ1) is 26.6. The molecule has 3 aliphatic heterocycles. The van der Waals surface area contributed by atoms with E-state index in [0.717, 1.165) is 5.56 Å². The number of amides is 5. The number of nitrogens with one attached hydrogen (secondary N) is 3. The predicted molar refractivity (Wildman–Crippen MR) is 207 cm³/mol. The third-order valence-electron chi connectivity index (χ3n) is 10.6. The summed E-state index contributed by atoms with van der Waals surface area (Å²) >= 11 is 0. The molecule has 0 radical (unpaired) electrons. The van der Waals surface area contributed by atoms with Crippen LogP contribution in [0.3, 0.4) is 0 Å². The molecular formula is C41H52N6O9. The minimum absolute atomic E-state index is 0.0913. The van der Waals surface area contributed by atoms with Gasteiger partial charge in [0.05, 0.1) is 19.2 Å². The molecule has 1 fully saturated rings. The summed E-state index contributed by atoms with van der Waals surface area (Å²) in [5.41, 5.74) is 2.13. The number of phenols is 1. The summed E-state index contributed by atoms with van der Waals surface area (Å²) in [6.45, 7) is 4.57. The lowest BCUT2D eigenvalue weighted by atomic mass is 9.97. The molecule has 15 heteroatoms. The van der Waals surface area contributed by atoms with Crippen molar-refractivity contribution in [2.24, 2.45) is 0 Å². The number of ether oxygens (including phenoxy) is 2. The molecule has 3 heterocycles. The predicted octanol–water partition coefficient (Wildman–Crippen LogP) is 1.73. The zero-order chi connectivity index (χ0) is 40.8. The fraction of sp³-hybridized carbons (Fsp3) is 0.439. The van der Waals surface area contributed by atoms with Crippen LogP contribution in [0.4, 0.5) is 0 Å². The minimum Gasteiger partial charge on any atom is -0.504 e. The highest BCUT2D eigenvalue weighted by Crippen LogP contribution is 2.33. The molecule has 300 valence electrons. The number of likely N-dealkylation sites (N-methyl/N-ethyl adjacent to an activating group) is 3. The van der Waals surface area contributed by atoms with Crippen molar-refractivity contribution in [1.82, 2.24) is 30.7 Å². The molecule has 1 saturated heterocycles. The van der Waals surface area contributed by atoms with Gasteiger partial charge in [0.2, 0.25) is 29.5 Å². The lowest BCUT2D eigenvalue weighted by Crippen LogP contribution is -2.60. The summed E-state index contributed by atoms with van der Waals surface area (Å²) in [7, 11) is 6.14. The van der Waals surface area contributed by atoms with Gasteiger partial charge in [-0.05, 0) is 86.7 Å². The molecule has 0 aliphatic carbocycles. The Labute approximate surface area is 326 Å². The van der Waals surface area contributed by atoms with E-state index in [1.165, 1.54) is 48.7 Å². The molecule has 56 heavy (non-hydrogen) atoms. The maximum Gasteiger partial charge on any atom is 0.245 e. The molecule has 15 nitrogen and oxygen atoms in total. The van der Waals surface area contributed by atoms with Crippen LogP contribution in [0.15, 0.2) is 66.7 Å². The smallest absolute Gasteiger partial charge is 0.245 e. The van der Waals surface area contributed by atoms with E-state index in [-0.39, 0.29) is 37.2 Å². The first-order valence-corrected chi connectivity index (χ1v) is 18.6. The van der Waals surface area contributed by atoms with E-state index in [9.17, 15) is 34.2 Å². The van der Waals surface area contributed by atoms with Crippen LogP contribution in [0.5, 0.6) is 23.0 Å². The highest BCUT2D eigenvalue weighted by atomic mass is 16.5. The molecular weight excluding hydrogens is 720 g/mol. The van der Waals surface area contributed by atoms with Gasteiger partial charge in [0.25, 0.3) is 0 Å². The average Bonchev–Trinajstić information content (AvgIpc) is 3.18. The first kappa shape index (κ1) is 41.5. The number of phenolic OH excluding ortho intramolecular Hbond substituents is 1. The van der Waals surface area contributed by atoms with Crippen LogP contribution in [0.1, 0.15) is 43.9 Å². The maximum atomic E-state index is 14.6. The standard InChI is InChI=1S/C41H52N6O9/c1-23-37(50)43-24(2)39(52)46(5)32(19-26-8-13-30(55-7)14-9-26)38(51)44-25(3)40(53)47(6)33-20-27-10-15-31(16-11-27)56-35-21-28(12-17-34(35)48)18-29(22-36(49)42-23)45(4)41(33)54/h8-17,21,23-25,29,32-33,38,44,48,51H,18-20,22H2,1-7H3,(H,42,49)(H,43,50). The number of rotatable bonds is 3. The van der Waals surface area contributed by atoms with Crippen LogP contribution in [0.25, 0.3) is 0 Å². The molecule has 7 atom stereocenters. The van der Waals surface area contributed by atoms with E-state index in [1.54, 1.807) is 81.7 Å². The molecule has 3 aromatic rings. The molecule has 3 aliphatic rings. The minimum atomic E-state index is -1.43. The molecule has 6 bridgehead atoms. The topological polar surface area (TPSA) is 190 Å². The van der Waals surface area contributed by atoms with Crippen LogP contribution >= 0.6 is 0 Å². The zero-order valence-electron chi connectivity index (χ0n) is 32.8. The Bertz CT molecular complexity index is 1910. The third kappa shape index (κ3) is 9.76. The van der Waals surface area contributed by atoms with Crippen LogP contribution in [-0.4, -0.2) is 125 Å². The monoisotopic (exact) mass is 772 g/mol. The van der Waals surface area contributed by atoms with Crippen molar-refractivity contribution in [3.63, 3.8) is 0 Å². The second-order valence-corrected chi connectivity index (χ2v) is 14.6. The van der Waals surface area contributed by atoms with Crippen molar-refractivity contribution >= 4 is 29.5 Å². The van der Waals surface area contributed by atoms with Crippen molar-refractivity contribution in [2.45, 2.75) is 88.9 Å². The summed E-state index contributed by atoms with van der Waals surface area (Å²) in [6, 6.07) is 13.0. The Morgan fingerprint density at radius 1 is 0.732 bits per heavy atom. The maximum absolute atomic E-state index is 14.6. The van der Waals surface area contributed by atoms with Gasteiger partial charge in [0, 0.05) is 40.0 Å². The number of aromatic hydroxyl groups is 1. The Morgan fingerprint density at radius 2 is 1.38 bits per heavy atom. The lowest BCUT2D eigenvalue weighted by Gasteiger charge is -2.37. The molecule has 5 N–H and O–H groups in total. The third-order valence-corrected chi connectivity index (χ3v) is 10.6. The number of methoxy groups -OCH3 is 1. The van der Waals surface area contributed by atoms with Crippen LogP contribution in [0, 0.1) is 0 Å². The van der Waals surface area contributed by atoms with E-state index < -0.39 is 72.0 Å². The van der Waals surface area contributed by atoms with Gasteiger partial charge in [-0.25, -0.2) is 0 Å². The molecule has 7 unspecified atom stereocenters. The first-order valence-electron chi connectivity index (χ1n) is 18.6. The van der Waals surface area contributed by atoms with Gasteiger partial charge in [0.15, 0.2) is 11.5 Å². The zero-order valence-corrected chi connectivity index (χ0v) is 32.8. The van der Waals surface area contributed by atoms with Crippen molar-refractivity contribution in [1.29, 1.82) is 0 Å². The highest BCUT2D eigenvalue weighted by molar-refractivity contribution is 5.93. The van der Waals surface area contributed by atoms with Crippen molar-refractivity contribution in [3.05, 3.63) is 83.4 Å². The molecule has 6 rings (SSSR count). The lowest BCUT2D eigenvalue weighted by molar-refractivity contribution is -0.147. The van der Waals surface area contributed by atoms with Crippen LogP contribution < -0.4 is 25.4 Å². The number of hydrogen-bond donors (Lipinski definition) is 5. The van der Waals surface area contributed by atoms with Gasteiger partial charge in [-0.15, -0.1) is 0 Å². The van der Waals surface area contributed by atoms with E-state index in [4.69, 9.17) is 9.47 Å². The number of carbonyl (C=O) groups is 5. The fourth-order valence-corrected chi connectivity index (χ4v) is 7.04. The quantitative estimate of drug-likeness (QED) is 0.262. The number of aliphatic hydroxyl groups excluding tert-OH is 1. The number of benzene rings is 3. The molecule has 0 spiro atoms. The van der Waals surface area contributed by atoms with Gasteiger partial charge >= 0.3 is 0 Å². The van der Waals surface area contributed by atoms with Gasteiger partial charge in [-0.3, -0.25) is 29.3 Å². The largest absolute Gasteiger partial charge is 0.504 e. The van der Waals surface area contributed by atoms with Crippen molar-refractivity contribution < 1.29 is 43.7 Å². The van der Waals surface area contributed by atoms with Crippen molar-refractivity contribution in [3.8, 4) is 23.0 Å². The number of hydrogen-bond acceptors (Lipinski definition) is 10. The van der Waals surface area contributed by atoms with Gasteiger partial charge < -0.3 is 45.0 Å². The number of carbonyl (C=O) groups excluding carboxylic acids is 5. The molecule has 3 aromatic carbocycles. The number of nitrogens with zero attached hydrogens (tertiary/aromatic N) is 3. The van der Waals surface area contributed by atoms with Crippen molar-refractivity contribution in [2.75, 3.05) is 28.3 Å². The molecule has 0 aromatic heterocycles. The summed E-state index contributed by atoms with van der Waals surface area (Å²) in [5, 5.41) is 30.6. The normalized spacial score (nSPS) is 26.0. The molecule has 0 saturated carbocycles. The van der Waals surface area contributed by atoms with Crippen LogP contribution in [-0.2, 0) is 43.2 Å². The number of aliphatic hydroxyl groups is 1. The Morgan fingerprint density at radius 3 is 2.04 bits per heavy atom. The second kappa shape index (κ2) is 17.9. The van der Waals surface area contributed by atoms with E-state index in [1.807, 2.05) is 0 Å². The Hall–Kier alpha value is -5.67. The highest BCUT2D eigenvalue weighted by Gasteiger charge is 2.38. The summed E-state index contributed by atoms with van der Waals surface area (Å²) in [5.74, 6) is -1.43. The van der Waals surface area contributed by atoms with E-state index in [2.05, 4.69) is 16.0 Å². The summed E-state index contributed by atoms with van der Waals surface area (Å²) in [6.07, 6.45) is -1.23. The van der Waals surface area contributed by atoms with Gasteiger partial charge in [-0.1, -0.05) is 30.3 Å².